The molecule has 9 nitrogen and oxygen atoms in total. The van der Waals surface area contributed by atoms with E-state index >= 15 is 0 Å². The van der Waals surface area contributed by atoms with E-state index in [9.17, 15) is 14.4 Å². The lowest BCUT2D eigenvalue weighted by atomic mass is 10.1. The van der Waals surface area contributed by atoms with Crippen molar-refractivity contribution in [2.75, 3.05) is 12.4 Å². The number of nitrogens with zero attached hydrogens (tertiary/aromatic N) is 3. The number of hydrogen-bond acceptors (Lipinski definition) is 9. The van der Waals surface area contributed by atoms with Crippen molar-refractivity contribution < 1.29 is 14.3 Å². The standard InChI is InChI=1S/C20H19N5O4S2/c1-9-10(2)30-18-15(9)19(28)25(8-22-18)7-13(26)16(17(21)27)24-20-23-12-5-4-11(29-3)6-14(12)31-20/h4-6,8,16H,7H2,1-3H3,(H2,21,27)(H,23,24). The quantitative estimate of drug-likeness (QED) is 0.407. The van der Waals surface area contributed by atoms with Gasteiger partial charge in [-0.2, -0.15) is 0 Å². The number of aryl methyl sites for hydroxylation is 2. The summed E-state index contributed by atoms with van der Waals surface area (Å²) in [7, 11) is 1.57. The van der Waals surface area contributed by atoms with Gasteiger partial charge in [-0.05, 0) is 37.6 Å². The molecular formula is C20H19N5O4S2. The Bertz CT molecular complexity index is 1390. The molecule has 1 aromatic carbocycles. The molecule has 0 fully saturated rings. The average Bonchev–Trinajstić information content (AvgIpc) is 3.27. The highest BCUT2D eigenvalue weighted by atomic mass is 32.1. The van der Waals surface area contributed by atoms with Gasteiger partial charge in [0.1, 0.15) is 10.6 Å². The molecule has 4 rings (SSSR count). The minimum Gasteiger partial charge on any atom is -0.497 e. The summed E-state index contributed by atoms with van der Waals surface area (Å²) in [5, 5.41) is 3.66. The molecule has 31 heavy (non-hydrogen) atoms. The highest BCUT2D eigenvalue weighted by molar-refractivity contribution is 7.22. The number of anilines is 1. The van der Waals surface area contributed by atoms with E-state index in [1.54, 1.807) is 19.2 Å². The van der Waals surface area contributed by atoms with Crippen LogP contribution in [0.1, 0.15) is 10.4 Å². The number of carbonyl (C=O) groups is 2. The van der Waals surface area contributed by atoms with Crippen LogP contribution in [0.25, 0.3) is 20.4 Å². The van der Waals surface area contributed by atoms with E-state index in [1.165, 1.54) is 33.6 Å². The minimum absolute atomic E-state index is 0.324. The molecule has 0 radical (unpaired) electrons. The summed E-state index contributed by atoms with van der Waals surface area (Å²) in [6.07, 6.45) is 1.32. The number of aromatic nitrogens is 3. The number of hydrogen-bond donors (Lipinski definition) is 2. The number of primary amides is 1. The topological polar surface area (TPSA) is 129 Å². The van der Waals surface area contributed by atoms with Gasteiger partial charge in [-0.1, -0.05) is 11.3 Å². The van der Waals surface area contributed by atoms with Crippen LogP contribution in [0.15, 0.2) is 29.3 Å². The zero-order valence-electron chi connectivity index (χ0n) is 17.0. The number of thiophene rings is 1. The fourth-order valence-electron chi connectivity index (χ4n) is 3.17. The van der Waals surface area contributed by atoms with Crippen LogP contribution < -0.4 is 21.3 Å². The molecule has 0 saturated heterocycles. The summed E-state index contributed by atoms with van der Waals surface area (Å²) in [5.41, 5.74) is 6.68. The van der Waals surface area contributed by atoms with Crippen LogP contribution in [-0.4, -0.2) is 39.4 Å². The maximum atomic E-state index is 12.9. The van der Waals surface area contributed by atoms with Crippen LogP contribution in [-0.2, 0) is 16.1 Å². The SMILES string of the molecule is COc1ccc2nc(NC(C(N)=O)C(=O)Cn3cnc4sc(C)c(C)c4c3=O)sc2c1. The van der Waals surface area contributed by atoms with E-state index < -0.39 is 17.7 Å². The first-order valence-electron chi connectivity index (χ1n) is 9.26. The molecule has 0 saturated carbocycles. The van der Waals surface area contributed by atoms with Crippen molar-refractivity contribution in [1.29, 1.82) is 0 Å². The molecular weight excluding hydrogens is 438 g/mol. The van der Waals surface area contributed by atoms with E-state index in [0.29, 0.717) is 26.6 Å². The summed E-state index contributed by atoms with van der Waals surface area (Å²) in [6, 6.07) is 4.02. The molecule has 1 unspecified atom stereocenters. The second kappa shape index (κ2) is 8.08. The van der Waals surface area contributed by atoms with E-state index in [2.05, 4.69) is 15.3 Å². The summed E-state index contributed by atoms with van der Waals surface area (Å²) >= 11 is 2.69. The number of Topliss-reactive ketones (excluding diaryl/α,β-unsaturated/α-hetero) is 1. The van der Waals surface area contributed by atoms with E-state index in [-0.39, 0.29) is 12.1 Å². The van der Waals surface area contributed by atoms with Crippen molar-refractivity contribution in [2.24, 2.45) is 5.73 Å². The zero-order valence-corrected chi connectivity index (χ0v) is 18.6. The fraction of sp³-hybridized carbons (Fsp3) is 0.250. The van der Waals surface area contributed by atoms with E-state index in [0.717, 1.165) is 15.1 Å². The summed E-state index contributed by atoms with van der Waals surface area (Å²) in [6.45, 7) is 3.42. The molecule has 0 aliphatic carbocycles. The van der Waals surface area contributed by atoms with Crippen molar-refractivity contribution in [3.63, 3.8) is 0 Å². The molecule has 160 valence electrons. The molecule has 0 spiro atoms. The number of methoxy groups -OCH3 is 1. The normalized spacial score (nSPS) is 12.2. The molecule has 0 aliphatic rings. The Morgan fingerprint density at radius 1 is 1.29 bits per heavy atom. The first kappa shape index (κ1) is 20.9. The highest BCUT2D eigenvalue weighted by Crippen LogP contribution is 2.29. The van der Waals surface area contributed by atoms with Crippen molar-refractivity contribution in [1.82, 2.24) is 14.5 Å². The maximum absolute atomic E-state index is 12.9. The smallest absolute Gasteiger partial charge is 0.262 e. The molecule has 1 amide bonds. The second-order valence-electron chi connectivity index (χ2n) is 6.94. The minimum atomic E-state index is -1.34. The molecule has 11 heteroatoms. The molecule has 3 heterocycles. The Hall–Kier alpha value is -3.31. The van der Waals surface area contributed by atoms with Gasteiger partial charge >= 0.3 is 0 Å². The summed E-state index contributed by atoms with van der Waals surface area (Å²) in [4.78, 5) is 48.0. The lowest BCUT2D eigenvalue weighted by Gasteiger charge is -2.14. The molecule has 1 atom stereocenters. The van der Waals surface area contributed by atoms with Gasteiger partial charge in [-0.3, -0.25) is 19.0 Å². The second-order valence-corrected chi connectivity index (χ2v) is 9.17. The zero-order chi connectivity index (χ0) is 22.3. The highest BCUT2D eigenvalue weighted by Gasteiger charge is 2.26. The van der Waals surface area contributed by atoms with Crippen molar-refractivity contribution in [2.45, 2.75) is 26.4 Å². The van der Waals surface area contributed by atoms with Gasteiger partial charge < -0.3 is 15.8 Å². The first-order chi connectivity index (χ1) is 14.8. The predicted octanol–water partition coefficient (Wildman–Crippen LogP) is 2.23. The van der Waals surface area contributed by atoms with Crippen LogP contribution >= 0.6 is 22.7 Å². The third-order valence-electron chi connectivity index (χ3n) is 4.95. The van der Waals surface area contributed by atoms with Gasteiger partial charge in [-0.15, -0.1) is 11.3 Å². The van der Waals surface area contributed by atoms with Crippen molar-refractivity contribution in [3.05, 3.63) is 45.3 Å². The van der Waals surface area contributed by atoms with Crippen LogP contribution in [0.3, 0.4) is 0 Å². The summed E-state index contributed by atoms with van der Waals surface area (Å²) in [5.74, 6) is -0.741. The maximum Gasteiger partial charge on any atom is 0.262 e. The Morgan fingerprint density at radius 2 is 2.06 bits per heavy atom. The van der Waals surface area contributed by atoms with Crippen LogP contribution in [0.2, 0.25) is 0 Å². The lowest BCUT2D eigenvalue weighted by Crippen LogP contribution is -2.44. The van der Waals surface area contributed by atoms with Crippen LogP contribution in [0, 0.1) is 13.8 Å². The van der Waals surface area contributed by atoms with Crippen LogP contribution in [0.5, 0.6) is 5.75 Å². The number of ketones is 1. The van der Waals surface area contributed by atoms with Crippen LogP contribution in [0.4, 0.5) is 5.13 Å². The Balaban J connectivity index is 1.60. The first-order valence-corrected chi connectivity index (χ1v) is 10.9. The Morgan fingerprint density at radius 3 is 2.77 bits per heavy atom. The number of carbonyl (C=O) groups excluding carboxylic acids is 2. The van der Waals surface area contributed by atoms with Gasteiger partial charge in [0, 0.05) is 4.88 Å². The monoisotopic (exact) mass is 457 g/mol. The van der Waals surface area contributed by atoms with E-state index in [1.807, 2.05) is 19.9 Å². The largest absolute Gasteiger partial charge is 0.497 e. The van der Waals surface area contributed by atoms with Gasteiger partial charge in [0.25, 0.3) is 5.56 Å². The Labute approximate surface area is 184 Å². The molecule has 3 N–H and O–H groups in total. The van der Waals surface area contributed by atoms with Crippen molar-refractivity contribution in [3.8, 4) is 5.75 Å². The average molecular weight is 458 g/mol. The number of ether oxygens (including phenoxy) is 1. The summed E-state index contributed by atoms with van der Waals surface area (Å²) < 4.78 is 7.22. The molecule has 0 bridgehead atoms. The number of thiazole rings is 1. The number of amides is 1. The van der Waals surface area contributed by atoms with Gasteiger partial charge in [0.05, 0.1) is 35.6 Å². The number of nitrogens with two attached hydrogens (primary N) is 1. The third kappa shape index (κ3) is 3.89. The number of rotatable bonds is 7. The number of benzene rings is 1. The molecule has 4 aromatic rings. The Kier molecular flexibility index (Phi) is 5.46. The predicted molar refractivity (Wildman–Crippen MR) is 121 cm³/mol. The molecule has 3 aromatic heterocycles. The van der Waals surface area contributed by atoms with Gasteiger partial charge in [-0.25, -0.2) is 9.97 Å². The number of fused-ring (bicyclic) bond motifs is 2. The number of nitrogens with one attached hydrogen (secondary N) is 1. The third-order valence-corrected chi connectivity index (χ3v) is 7.02. The van der Waals surface area contributed by atoms with Crippen molar-refractivity contribution >= 4 is 59.9 Å². The lowest BCUT2D eigenvalue weighted by molar-refractivity contribution is -0.127. The van der Waals surface area contributed by atoms with Gasteiger partial charge in [0.2, 0.25) is 5.91 Å². The van der Waals surface area contributed by atoms with E-state index in [4.69, 9.17) is 10.5 Å². The molecule has 0 aliphatic heterocycles. The van der Waals surface area contributed by atoms with Gasteiger partial charge in [0.15, 0.2) is 17.0 Å². The fourth-order valence-corrected chi connectivity index (χ4v) is 5.08.